The maximum Gasteiger partial charge on any atom is 0.434 e. The van der Waals surface area contributed by atoms with Crippen LogP contribution in [-0.2, 0) is 11.0 Å². The number of aliphatic carboxylic acids is 1. The first kappa shape index (κ1) is 38.0. The first-order valence-electron chi connectivity index (χ1n) is 19.2. The highest BCUT2D eigenvalue weighted by atomic mass is 19.4. The number of carbonyl (C=O) groups excluding carboxylic acids is 1. The van der Waals surface area contributed by atoms with E-state index in [0.29, 0.717) is 44.7 Å². The Morgan fingerprint density at radius 1 is 0.982 bits per heavy atom. The van der Waals surface area contributed by atoms with Gasteiger partial charge in [-0.25, -0.2) is 32.9 Å². The lowest BCUT2D eigenvalue weighted by atomic mass is 9.78. The minimum Gasteiger partial charge on any atom is -0.487 e. The zero-order valence-electron chi connectivity index (χ0n) is 30.7. The van der Waals surface area contributed by atoms with Gasteiger partial charge in [-0.15, -0.1) is 0 Å². The lowest BCUT2D eigenvalue weighted by molar-refractivity contribution is -0.146. The Morgan fingerprint density at radius 2 is 1.70 bits per heavy atom. The molecule has 298 valence electrons. The summed E-state index contributed by atoms with van der Waals surface area (Å²) in [7, 11) is 0. The van der Waals surface area contributed by atoms with Gasteiger partial charge in [-0.2, -0.15) is 13.2 Å². The van der Waals surface area contributed by atoms with Crippen LogP contribution < -0.4 is 15.0 Å². The Bertz CT molecular complexity index is 2130. The Kier molecular flexibility index (Phi) is 9.67. The van der Waals surface area contributed by atoms with Crippen molar-refractivity contribution in [1.82, 2.24) is 24.8 Å². The number of nitrogens with one attached hydrogen (secondary N) is 1. The highest BCUT2D eigenvalue weighted by Crippen LogP contribution is 2.51. The molecule has 1 aliphatic heterocycles. The van der Waals surface area contributed by atoms with Gasteiger partial charge in [-0.3, -0.25) is 4.79 Å². The summed E-state index contributed by atoms with van der Waals surface area (Å²) in [4.78, 5) is 40.8. The lowest BCUT2D eigenvalue weighted by Crippen LogP contribution is -2.57. The van der Waals surface area contributed by atoms with Crippen LogP contribution in [-0.4, -0.2) is 67.2 Å². The van der Waals surface area contributed by atoms with Crippen LogP contribution >= 0.6 is 0 Å². The number of hydrogen-bond acceptors (Lipinski definition) is 7. The molecule has 4 aliphatic rings. The fourth-order valence-electron chi connectivity index (χ4n) is 9.67. The number of piperidine rings is 1. The number of halogens is 6. The van der Waals surface area contributed by atoms with Crippen molar-refractivity contribution >= 4 is 28.7 Å². The SMILES string of the molecule is CC1CC2CC(C1)C(NC(=O)c1ccc(-c3cn(C4CCC(F)(F)CC4)c4c(F)c(OC5CCN(c6ncccn6)CC5)ccc34)nc1C(F)(F)F)(C(=O)O)C2. The maximum absolute atomic E-state index is 16.7. The van der Waals surface area contributed by atoms with Gasteiger partial charge >= 0.3 is 12.1 Å². The van der Waals surface area contributed by atoms with E-state index >= 15 is 4.39 Å². The molecule has 1 amide bonds. The van der Waals surface area contributed by atoms with Gasteiger partial charge in [0.25, 0.3) is 5.91 Å². The number of nitrogens with zero attached hydrogens (tertiary/aromatic N) is 5. The van der Waals surface area contributed by atoms with E-state index in [1.165, 1.54) is 29.0 Å². The van der Waals surface area contributed by atoms with E-state index in [1.54, 1.807) is 18.5 Å². The molecule has 16 heteroatoms. The number of rotatable bonds is 8. The van der Waals surface area contributed by atoms with Crippen molar-refractivity contribution in [2.75, 3.05) is 18.0 Å². The van der Waals surface area contributed by atoms with Crippen molar-refractivity contribution in [1.29, 1.82) is 0 Å². The Hall–Kier alpha value is -4.89. The Labute approximate surface area is 318 Å². The topological polar surface area (TPSA) is 122 Å². The summed E-state index contributed by atoms with van der Waals surface area (Å²) in [6.07, 6.45) is 1.46. The molecule has 3 aliphatic carbocycles. The van der Waals surface area contributed by atoms with Crippen LogP contribution in [0.3, 0.4) is 0 Å². The van der Waals surface area contributed by atoms with Crippen LogP contribution in [0.15, 0.2) is 48.9 Å². The lowest BCUT2D eigenvalue weighted by Gasteiger charge is -2.33. The standard InChI is InChI=1S/C40H42F6N6O4/c1-22-17-23-19-24(18-22)39(20-23,36(54)55)50-35(53)28-3-5-30(49-34(28)40(44,45)46)29-21-52(25-7-11-38(42,43)12-8-25)33-27(29)4-6-31(32(33)41)56-26-9-15-51(16-10-26)37-47-13-2-14-48-37/h2-6,13-14,21-26H,7-12,15-20H2,1H3,(H,50,53)(H,54,55). The van der Waals surface area contributed by atoms with Crippen LogP contribution in [0.2, 0.25) is 0 Å². The van der Waals surface area contributed by atoms with Crippen LogP contribution in [0, 0.1) is 23.6 Å². The summed E-state index contributed by atoms with van der Waals surface area (Å²) < 4.78 is 97.1. The number of ether oxygens (including phenoxy) is 1. The molecule has 8 rings (SSSR count). The van der Waals surface area contributed by atoms with E-state index in [1.807, 2.05) is 11.8 Å². The van der Waals surface area contributed by atoms with Crippen LogP contribution in [0.25, 0.3) is 22.2 Å². The Balaban J connectivity index is 1.13. The predicted octanol–water partition coefficient (Wildman–Crippen LogP) is 8.46. The summed E-state index contributed by atoms with van der Waals surface area (Å²) in [6.45, 7) is 3.12. The number of pyridine rings is 1. The number of anilines is 1. The highest BCUT2D eigenvalue weighted by Gasteiger charge is 2.56. The average Bonchev–Trinajstić information content (AvgIpc) is 3.67. The number of benzene rings is 1. The summed E-state index contributed by atoms with van der Waals surface area (Å²) in [5, 5.41) is 13.0. The van der Waals surface area contributed by atoms with Crippen molar-refractivity contribution in [3.8, 4) is 17.0 Å². The van der Waals surface area contributed by atoms with Gasteiger partial charge in [0.15, 0.2) is 17.3 Å². The molecule has 10 nitrogen and oxygen atoms in total. The second-order valence-corrected chi connectivity index (χ2v) is 16.1. The van der Waals surface area contributed by atoms with Crippen LogP contribution in [0.4, 0.5) is 32.3 Å². The minimum atomic E-state index is -5.12. The number of carboxylic acids is 1. The zero-order valence-corrected chi connectivity index (χ0v) is 30.7. The molecule has 2 N–H and O–H groups in total. The molecule has 0 spiro atoms. The summed E-state index contributed by atoms with van der Waals surface area (Å²) in [5.74, 6) is -5.81. The molecule has 4 heterocycles. The molecule has 1 saturated heterocycles. The predicted molar refractivity (Wildman–Crippen MR) is 193 cm³/mol. The van der Waals surface area contributed by atoms with Gasteiger partial charge in [0.1, 0.15) is 11.6 Å². The number of aromatic nitrogens is 4. The summed E-state index contributed by atoms with van der Waals surface area (Å²) in [5.41, 5.74) is -4.18. The average molecular weight is 785 g/mol. The third-order valence-electron chi connectivity index (χ3n) is 12.3. The van der Waals surface area contributed by atoms with Crippen LogP contribution in [0.1, 0.15) is 93.2 Å². The van der Waals surface area contributed by atoms with E-state index in [-0.39, 0.29) is 65.1 Å². The molecule has 3 aromatic heterocycles. The molecule has 4 atom stereocenters. The minimum absolute atomic E-state index is 0.00700. The molecule has 2 bridgehead atoms. The molecule has 4 aromatic rings. The van der Waals surface area contributed by atoms with Gasteiger partial charge in [0.2, 0.25) is 11.9 Å². The third-order valence-corrected chi connectivity index (χ3v) is 12.3. The molecule has 0 radical (unpaired) electrons. The maximum atomic E-state index is 16.7. The molecule has 1 aromatic carbocycles. The van der Waals surface area contributed by atoms with Crippen molar-refractivity contribution in [2.45, 2.75) is 101 Å². The van der Waals surface area contributed by atoms with Gasteiger partial charge in [-0.05, 0) is 86.6 Å². The van der Waals surface area contributed by atoms with Crippen molar-refractivity contribution in [3.63, 3.8) is 0 Å². The number of alkyl halides is 5. The highest BCUT2D eigenvalue weighted by molar-refractivity contribution is 6.00. The normalized spacial score (nSPS) is 25.7. The van der Waals surface area contributed by atoms with E-state index in [0.717, 1.165) is 12.5 Å². The summed E-state index contributed by atoms with van der Waals surface area (Å²) >= 11 is 0. The smallest absolute Gasteiger partial charge is 0.434 e. The number of carboxylic acid groups (broad SMARTS) is 1. The van der Waals surface area contributed by atoms with E-state index < -0.39 is 71.4 Å². The Morgan fingerprint density at radius 3 is 2.38 bits per heavy atom. The number of fused-ring (bicyclic) bond motifs is 3. The fraction of sp³-hybridized carbons (Fsp3) is 0.525. The van der Waals surface area contributed by atoms with Gasteiger partial charge in [0.05, 0.1) is 16.8 Å². The molecule has 4 fully saturated rings. The fourth-order valence-corrected chi connectivity index (χ4v) is 9.67. The zero-order chi connectivity index (χ0) is 39.6. The quantitative estimate of drug-likeness (QED) is 0.171. The van der Waals surface area contributed by atoms with Crippen molar-refractivity contribution in [3.05, 3.63) is 66.0 Å². The molecule has 56 heavy (non-hydrogen) atoms. The molecular formula is C40H42F6N6O4. The molecule has 3 saturated carbocycles. The first-order chi connectivity index (χ1) is 26.6. The number of amides is 1. The van der Waals surface area contributed by atoms with Crippen LogP contribution in [0.5, 0.6) is 5.75 Å². The number of carbonyl (C=O) groups is 2. The molecule has 4 unspecified atom stereocenters. The monoisotopic (exact) mass is 784 g/mol. The van der Waals surface area contributed by atoms with E-state index in [9.17, 15) is 36.6 Å². The van der Waals surface area contributed by atoms with Gasteiger partial charge < -0.3 is 24.6 Å². The first-order valence-corrected chi connectivity index (χ1v) is 19.2. The molecular weight excluding hydrogens is 742 g/mol. The number of hydrogen-bond donors (Lipinski definition) is 2. The van der Waals surface area contributed by atoms with E-state index in [4.69, 9.17) is 4.74 Å². The van der Waals surface area contributed by atoms with Gasteiger partial charge in [0, 0.05) is 74.4 Å². The van der Waals surface area contributed by atoms with E-state index in [2.05, 4.69) is 20.3 Å². The third kappa shape index (κ3) is 7.04. The van der Waals surface area contributed by atoms with Gasteiger partial charge in [-0.1, -0.05) is 6.92 Å². The summed E-state index contributed by atoms with van der Waals surface area (Å²) in [6, 6.07) is 6.24. The van der Waals surface area contributed by atoms with Crippen molar-refractivity contribution < 1.29 is 45.8 Å². The van der Waals surface area contributed by atoms with Crippen molar-refractivity contribution in [2.24, 2.45) is 17.8 Å². The second kappa shape index (κ2) is 14.2. The largest absolute Gasteiger partial charge is 0.487 e. The second-order valence-electron chi connectivity index (χ2n) is 16.1.